The van der Waals surface area contributed by atoms with Crippen molar-refractivity contribution in [2.45, 2.75) is 52.6 Å². The summed E-state index contributed by atoms with van der Waals surface area (Å²) in [5.41, 5.74) is 8.62. The highest BCUT2D eigenvalue weighted by Crippen LogP contribution is 2.42. The lowest BCUT2D eigenvalue weighted by atomic mass is 9.96. The topological polar surface area (TPSA) is 62.2 Å². The zero-order valence-corrected chi connectivity index (χ0v) is 24.1. The number of amides is 1. The number of aromatic nitrogens is 2. The van der Waals surface area contributed by atoms with Crippen LogP contribution in [0.4, 0.5) is 10.1 Å². The van der Waals surface area contributed by atoms with Gasteiger partial charge in [-0.05, 0) is 98.6 Å². The molecule has 0 spiro atoms. The summed E-state index contributed by atoms with van der Waals surface area (Å²) in [5, 5.41) is 6.94. The van der Waals surface area contributed by atoms with E-state index in [1.54, 1.807) is 18.3 Å². The molecule has 8 heteroatoms. The Morgan fingerprint density at radius 1 is 1.07 bits per heavy atom. The number of hydrogen-bond donors (Lipinski definition) is 2. The van der Waals surface area contributed by atoms with Crippen molar-refractivity contribution in [2.75, 3.05) is 11.9 Å². The second-order valence-electron chi connectivity index (χ2n) is 10.2. The fraction of sp³-hybridized carbons (Fsp3) is 0.281. The largest absolute Gasteiger partial charge is 0.352 e. The van der Waals surface area contributed by atoms with E-state index in [4.69, 9.17) is 12.2 Å². The van der Waals surface area contributed by atoms with Crippen LogP contribution in [-0.4, -0.2) is 32.0 Å². The van der Waals surface area contributed by atoms with Gasteiger partial charge in [0.2, 0.25) is 5.91 Å². The Labute approximate surface area is 240 Å². The smallest absolute Gasteiger partial charge is 0.226 e. The lowest BCUT2D eigenvalue weighted by Crippen LogP contribution is -2.32. The van der Waals surface area contributed by atoms with E-state index >= 15 is 0 Å². The number of carbonyl (C=O) groups is 1. The van der Waals surface area contributed by atoms with E-state index < -0.39 is 0 Å². The molecule has 206 valence electrons. The number of benzene rings is 2. The summed E-state index contributed by atoms with van der Waals surface area (Å²) >= 11 is 5.83. The zero-order chi connectivity index (χ0) is 28.4. The fourth-order valence-electron chi connectivity index (χ4n) is 5.72. The number of halogens is 1. The monoisotopic (exact) mass is 555 g/mol. The quantitative estimate of drug-likeness (QED) is 0.243. The summed E-state index contributed by atoms with van der Waals surface area (Å²) in [6.07, 6.45) is 2.95. The highest BCUT2D eigenvalue weighted by molar-refractivity contribution is 7.80. The summed E-state index contributed by atoms with van der Waals surface area (Å²) < 4.78 is 15.6. The number of anilines is 1. The van der Waals surface area contributed by atoms with E-state index in [0.717, 1.165) is 29.1 Å². The molecule has 6 nitrogen and oxygen atoms in total. The van der Waals surface area contributed by atoms with E-state index in [9.17, 15) is 9.18 Å². The first kappa shape index (κ1) is 27.5. The van der Waals surface area contributed by atoms with E-state index in [2.05, 4.69) is 77.0 Å². The van der Waals surface area contributed by atoms with Gasteiger partial charge in [-0.3, -0.25) is 9.78 Å². The summed E-state index contributed by atoms with van der Waals surface area (Å²) in [5.74, 6) is -0.503. The lowest BCUT2D eigenvalue weighted by molar-refractivity contribution is -0.116. The Bertz CT molecular complexity index is 1530. The third-order valence-corrected chi connectivity index (χ3v) is 7.97. The third-order valence-electron chi connectivity index (χ3n) is 7.62. The molecule has 1 aliphatic heterocycles. The molecular weight excluding hydrogens is 521 g/mol. The van der Waals surface area contributed by atoms with Gasteiger partial charge in [0.15, 0.2) is 5.11 Å². The molecule has 2 aromatic carbocycles. The second kappa shape index (κ2) is 11.6. The molecule has 0 saturated carbocycles. The number of thiocarbonyl (C=S) groups is 1. The normalized spacial score (nSPS) is 16.7. The van der Waals surface area contributed by atoms with Crippen molar-refractivity contribution in [1.29, 1.82) is 0 Å². The number of hydrogen-bond acceptors (Lipinski definition) is 3. The number of pyridine rings is 1. The molecule has 2 atom stereocenters. The maximum Gasteiger partial charge on any atom is 0.226 e. The summed E-state index contributed by atoms with van der Waals surface area (Å²) in [7, 11) is 0. The number of aryl methyl sites for hydroxylation is 3. The Hall–Kier alpha value is -4.04. The van der Waals surface area contributed by atoms with Crippen LogP contribution in [0.2, 0.25) is 0 Å². The van der Waals surface area contributed by atoms with Gasteiger partial charge in [0, 0.05) is 36.2 Å². The van der Waals surface area contributed by atoms with Crippen molar-refractivity contribution < 1.29 is 9.18 Å². The molecular formula is C32H34FN5OS. The maximum absolute atomic E-state index is 13.3. The van der Waals surface area contributed by atoms with Gasteiger partial charge in [0.1, 0.15) is 5.82 Å². The molecule has 0 aliphatic carbocycles. The van der Waals surface area contributed by atoms with E-state index in [1.165, 1.54) is 28.9 Å². The summed E-state index contributed by atoms with van der Waals surface area (Å²) in [4.78, 5) is 19.6. The van der Waals surface area contributed by atoms with Gasteiger partial charge in [0.25, 0.3) is 0 Å². The van der Waals surface area contributed by atoms with Gasteiger partial charge in [-0.15, -0.1) is 0 Å². The Morgan fingerprint density at radius 2 is 1.85 bits per heavy atom. The van der Waals surface area contributed by atoms with Gasteiger partial charge < -0.3 is 20.1 Å². The molecule has 1 aliphatic rings. The molecule has 40 heavy (non-hydrogen) atoms. The molecule has 0 bridgehead atoms. The van der Waals surface area contributed by atoms with Crippen molar-refractivity contribution in [3.05, 3.63) is 113 Å². The molecule has 5 rings (SSSR count). The van der Waals surface area contributed by atoms with Gasteiger partial charge in [-0.2, -0.15) is 0 Å². The van der Waals surface area contributed by atoms with Crippen LogP contribution in [0.5, 0.6) is 0 Å². The molecule has 0 radical (unpaired) electrons. The average molecular weight is 556 g/mol. The van der Waals surface area contributed by atoms with Crippen molar-refractivity contribution in [2.24, 2.45) is 0 Å². The van der Waals surface area contributed by atoms with Crippen molar-refractivity contribution >= 4 is 28.9 Å². The summed E-state index contributed by atoms with van der Waals surface area (Å²) in [6, 6.07) is 20.0. The van der Waals surface area contributed by atoms with Gasteiger partial charge in [-0.1, -0.05) is 31.2 Å². The van der Waals surface area contributed by atoms with Gasteiger partial charge in [-0.25, -0.2) is 4.39 Å². The Balaban J connectivity index is 1.50. The number of rotatable bonds is 8. The molecule has 1 fully saturated rings. The van der Waals surface area contributed by atoms with Crippen LogP contribution in [0, 0.1) is 26.6 Å². The first-order valence-corrected chi connectivity index (χ1v) is 14.0. The van der Waals surface area contributed by atoms with Crippen LogP contribution in [0.3, 0.4) is 0 Å². The molecule has 1 saturated heterocycles. The van der Waals surface area contributed by atoms with Crippen molar-refractivity contribution in [1.82, 2.24) is 19.8 Å². The van der Waals surface area contributed by atoms with Gasteiger partial charge >= 0.3 is 0 Å². The average Bonchev–Trinajstić information content (AvgIpc) is 3.43. The SMILES string of the molecule is CCc1cccc(C)c1-n1c(C)cc([C@H]2[C@H](c3ccccn3)NC(=S)N2CCC(=O)Nc2ccc(F)cc2)c1C. The molecule has 2 N–H and O–H groups in total. The first-order valence-electron chi connectivity index (χ1n) is 13.6. The van der Waals surface area contributed by atoms with Crippen molar-refractivity contribution in [3.8, 4) is 5.69 Å². The predicted molar refractivity (Wildman–Crippen MR) is 161 cm³/mol. The molecule has 4 aromatic rings. The minimum absolute atomic E-state index is 0.157. The zero-order valence-electron chi connectivity index (χ0n) is 23.2. The minimum Gasteiger partial charge on any atom is -0.352 e. The highest BCUT2D eigenvalue weighted by Gasteiger charge is 2.41. The second-order valence-corrected chi connectivity index (χ2v) is 10.6. The molecule has 0 unspecified atom stereocenters. The van der Waals surface area contributed by atoms with E-state index in [0.29, 0.717) is 17.3 Å². The van der Waals surface area contributed by atoms with Crippen LogP contribution < -0.4 is 10.6 Å². The van der Waals surface area contributed by atoms with E-state index in [-0.39, 0.29) is 30.2 Å². The van der Waals surface area contributed by atoms with Crippen LogP contribution in [0.1, 0.15) is 59.2 Å². The predicted octanol–water partition coefficient (Wildman–Crippen LogP) is 6.50. The summed E-state index contributed by atoms with van der Waals surface area (Å²) in [6.45, 7) is 9.05. The minimum atomic E-state index is -0.343. The first-order chi connectivity index (χ1) is 19.3. The molecule has 1 amide bonds. The standard InChI is InChI=1S/C32H34FN5OS/c1-5-23-10-8-9-20(2)30(23)38-21(3)19-26(22(38)4)31-29(27-11-6-7-17-34-27)36-32(40)37(31)18-16-28(39)35-25-14-12-24(33)13-15-25/h6-15,17,19,29,31H,5,16,18H2,1-4H3,(H,35,39)(H,36,40)/t29-,31-/m0/s1. The van der Waals surface area contributed by atoms with Gasteiger partial charge in [0.05, 0.1) is 23.5 Å². The lowest BCUT2D eigenvalue weighted by Gasteiger charge is -2.28. The van der Waals surface area contributed by atoms with E-state index in [1.807, 2.05) is 18.2 Å². The number of nitrogens with zero attached hydrogens (tertiary/aromatic N) is 3. The maximum atomic E-state index is 13.3. The van der Waals surface area contributed by atoms with Crippen LogP contribution in [0.25, 0.3) is 5.69 Å². The molecule has 2 aromatic heterocycles. The Morgan fingerprint density at radius 3 is 2.55 bits per heavy atom. The number of carbonyl (C=O) groups excluding carboxylic acids is 1. The van der Waals surface area contributed by atoms with Crippen LogP contribution >= 0.6 is 12.2 Å². The third kappa shape index (κ3) is 5.36. The number of nitrogens with one attached hydrogen (secondary N) is 2. The highest BCUT2D eigenvalue weighted by atomic mass is 32.1. The fourth-order valence-corrected chi connectivity index (χ4v) is 6.05. The number of para-hydroxylation sites is 1. The van der Waals surface area contributed by atoms with Crippen molar-refractivity contribution in [3.63, 3.8) is 0 Å². The Kier molecular flexibility index (Phi) is 7.98. The van der Waals surface area contributed by atoms with Crippen LogP contribution in [-0.2, 0) is 11.2 Å². The molecule has 3 heterocycles. The van der Waals surface area contributed by atoms with Crippen LogP contribution in [0.15, 0.2) is 72.9 Å².